The van der Waals surface area contributed by atoms with Crippen molar-refractivity contribution in [1.82, 2.24) is 14.1 Å². The van der Waals surface area contributed by atoms with Crippen molar-refractivity contribution < 1.29 is 17.9 Å². The van der Waals surface area contributed by atoms with Gasteiger partial charge in [-0.25, -0.2) is 8.42 Å². The quantitative estimate of drug-likeness (QED) is 0.667. The molecule has 0 saturated carbocycles. The van der Waals surface area contributed by atoms with Gasteiger partial charge in [-0.1, -0.05) is 20.8 Å². The van der Waals surface area contributed by atoms with E-state index in [9.17, 15) is 13.2 Å². The summed E-state index contributed by atoms with van der Waals surface area (Å²) in [6.45, 7) is 11.9. The van der Waals surface area contributed by atoms with Crippen LogP contribution in [0.3, 0.4) is 0 Å². The van der Waals surface area contributed by atoms with Crippen LogP contribution in [0.4, 0.5) is 5.69 Å². The fourth-order valence-corrected chi connectivity index (χ4v) is 5.49. The predicted molar refractivity (Wildman–Crippen MR) is 117 cm³/mol. The third-order valence-corrected chi connectivity index (χ3v) is 7.89. The van der Waals surface area contributed by atoms with Crippen LogP contribution in [-0.4, -0.2) is 94.4 Å². The minimum Gasteiger partial charge on any atom is -0.495 e. The number of carbonyl (C=O) groups excluding carboxylic acids is 1. The second-order valence-electron chi connectivity index (χ2n) is 8.14. The Morgan fingerprint density at radius 3 is 2.20 bits per heavy atom. The van der Waals surface area contributed by atoms with E-state index in [4.69, 9.17) is 4.74 Å². The van der Waals surface area contributed by atoms with Crippen molar-refractivity contribution in [3.63, 3.8) is 0 Å². The zero-order valence-corrected chi connectivity index (χ0v) is 19.3. The van der Waals surface area contributed by atoms with E-state index >= 15 is 0 Å². The molecule has 0 aromatic heterocycles. The highest BCUT2D eigenvalue weighted by molar-refractivity contribution is 7.89. The lowest BCUT2D eigenvalue weighted by atomic mass is 10.1. The molecule has 0 bridgehead atoms. The Labute approximate surface area is 180 Å². The number of nitrogens with zero attached hydrogens (tertiary/aromatic N) is 4. The Kier molecular flexibility index (Phi) is 7.26. The molecule has 168 valence electrons. The summed E-state index contributed by atoms with van der Waals surface area (Å²) in [5.41, 5.74) is 0.766. The van der Waals surface area contributed by atoms with Gasteiger partial charge in [-0.2, -0.15) is 4.31 Å². The van der Waals surface area contributed by atoms with E-state index in [1.807, 2.05) is 18.7 Å². The average Bonchev–Trinajstić information content (AvgIpc) is 2.78. The third kappa shape index (κ3) is 4.73. The van der Waals surface area contributed by atoms with E-state index < -0.39 is 10.0 Å². The van der Waals surface area contributed by atoms with Crippen LogP contribution in [0.5, 0.6) is 5.75 Å². The lowest BCUT2D eigenvalue weighted by Crippen LogP contribution is -2.50. The van der Waals surface area contributed by atoms with Crippen LogP contribution in [0.15, 0.2) is 23.1 Å². The summed E-state index contributed by atoms with van der Waals surface area (Å²) in [7, 11) is -1.96. The van der Waals surface area contributed by atoms with Gasteiger partial charge in [0.15, 0.2) is 0 Å². The second-order valence-corrected chi connectivity index (χ2v) is 10.1. The Morgan fingerprint density at radius 2 is 1.67 bits per heavy atom. The van der Waals surface area contributed by atoms with Crippen LogP contribution in [0.1, 0.15) is 20.8 Å². The number of rotatable bonds is 6. The first kappa shape index (κ1) is 22.8. The smallest absolute Gasteiger partial charge is 0.243 e. The molecule has 2 saturated heterocycles. The maximum absolute atomic E-state index is 13.2. The molecule has 2 aliphatic rings. The van der Waals surface area contributed by atoms with E-state index in [0.717, 1.165) is 25.3 Å². The average molecular weight is 439 g/mol. The zero-order chi connectivity index (χ0) is 21.9. The highest BCUT2D eigenvalue weighted by Crippen LogP contribution is 2.33. The van der Waals surface area contributed by atoms with Gasteiger partial charge in [-0.15, -0.1) is 0 Å². The molecule has 1 aromatic carbocycles. The zero-order valence-electron chi connectivity index (χ0n) is 18.5. The number of anilines is 1. The van der Waals surface area contributed by atoms with Gasteiger partial charge < -0.3 is 19.4 Å². The molecule has 1 aromatic rings. The van der Waals surface area contributed by atoms with Crippen molar-refractivity contribution >= 4 is 21.6 Å². The largest absolute Gasteiger partial charge is 0.495 e. The van der Waals surface area contributed by atoms with Crippen molar-refractivity contribution in [2.45, 2.75) is 25.7 Å². The highest BCUT2D eigenvalue weighted by atomic mass is 32.2. The van der Waals surface area contributed by atoms with Gasteiger partial charge in [0, 0.05) is 58.3 Å². The van der Waals surface area contributed by atoms with Crippen LogP contribution in [0.25, 0.3) is 0 Å². The van der Waals surface area contributed by atoms with Crippen LogP contribution in [-0.2, 0) is 14.8 Å². The summed E-state index contributed by atoms with van der Waals surface area (Å²) < 4.78 is 33.5. The van der Waals surface area contributed by atoms with Crippen molar-refractivity contribution in [2.75, 3.05) is 70.9 Å². The molecule has 0 N–H and O–H groups in total. The van der Waals surface area contributed by atoms with Crippen LogP contribution >= 0.6 is 0 Å². The maximum Gasteiger partial charge on any atom is 0.243 e. The Bertz CT molecular complexity index is 843. The summed E-state index contributed by atoms with van der Waals surface area (Å²) >= 11 is 0. The summed E-state index contributed by atoms with van der Waals surface area (Å²) in [4.78, 5) is 18.8. The van der Waals surface area contributed by atoms with E-state index in [1.165, 1.54) is 0 Å². The summed E-state index contributed by atoms with van der Waals surface area (Å²) in [5, 5.41) is 0. The summed E-state index contributed by atoms with van der Waals surface area (Å²) in [6.07, 6.45) is 0. The fourth-order valence-electron chi connectivity index (χ4n) is 4.05. The minimum absolute atomic E-state index is 0.0206. The van der Waals surface area contributed by atoms with Gasteiger partial charge in [-0.3, -0.25) is 4.79 Å². The molecule has 2 aliphatic heterocycles. The molecule has 0 aliphatic carbocycles. The van der Waals surface area contributed by atoms with Crippen molar-refractivity contribution in [3.8, 4) is 5.75 Å². The van der Waals surface area contributed by atoms with Gasteiger partial charge in [0.05, 0.1) is 17.7 Å². The monoisotopic (exact) mass is 438 g/mol. The first-order valence-corrected chi connectivity index (χ1v) is 12.2. The minimum atomic E-state index is -3.56. The fraction of sp³-hybridized carbons (Fsp3) is 0.667. The maximum atomic E-state index is 13.2. The molecule has 0 spiro atoms. The van der Waals surface area contributed by atoms with Crippen LogP contribution in [0.2, 0.25) is 0 Å². The van der Waals surface area contributed by atoms with Gasteiger partial charge in [-0.05, 0) is 24.7 Å². The van der Waals surface area contributed by atoms with E-state index in [2.05, 4.69) is 16.7 Å². The standard InChI is InChI=1S/C21H34N4O4S/c1-5-22-8-14-25(15-9-22)30(27,28)18-6-7-20(29-4)19(16-18)23-10-12-24(13-11-23)21(26)17(2)3/h6-7,16-17H,5,8-15H2,1-4H3. The van der Waals surface area contributed by atoms with Crippen LogP contribution < -0.4 is 9.64 Å². The molecule has 3 rings (SSSR count). The van der Waals surface area contributed by atoms with Crippen molar-refractivity contribution in [2.24, 2.45) is 5.92 Å². The Balaban J connectivity index is 1.78. The predicted octanol–water partition coefficient (Wildman–Crippen LogP) is 1.33. The second kappa shape index (κ2) is 9.53. The molecule has 1 amide bonds. The number of carbonyl (C=O) groups is 1. The third-order valence-electron chi connectivity index (χ3n) is 5.99. The molecule has 0 unspecified atom stereocenters. The molecular formula is C21H34N4O4S. The first-order chi connectivity index (χ1) is 14.3. The molecule has 2 heterocycles. The SMILES string of the molecule is CCN1CCN(S(=O)(=O)c2ccc(OC)c(N3CCN(C(=O)C(C)C)CC3)c2)CC1. The molecule has 8 nitrogen and oxygen atoms in total. The van der Waals surface area contributed by atoms with Gasteiger partial charge in [0.1, 0.15) is 5.75 Å². The van der Waals surface area contributed by atoms with E-state index in [-0.39, 0.29) is 11.8 Å². The van der Waals surface area contributed by atoms with Gasteiger partial charge in [0.25, 0.3) is 0 Å². The Hall–Kier alpha value is -1.84. The number of likely N-dealkylation sites (N-methyl/N-ethyl adjacent to an activating group) is 1. The first-order valence-electron chi connectivity index (χ1n) is 10.7. The van der Waals surface area contributed by atoms with Crippen LogP contribution in [0, 0.1) is 5.92 Å². The number of benzene rings is 1. The number of hydrogen-bond donors (Lipinski definition) is 0. The van der Waals surface area contributed by atoms with E-state index in [1.54, 1.807) is 29.6 Å². The molecule has 9 heteroatoms. The van der Waals surface area contributed by atoms with Gasteiger partial charge >= 0.3 is 0 Å². The Morgan fingerprint density at radius 1 is 1.03 bits per heavy atom. The number of sulfonamides is 1. The number of hydrogen-bond acceptors (Lipinski definition) is 6. The molecule has 30 heavy (non-hydrogen) atoms. The molecule has 0 radical (unpaired) electrons. The summed E-state index contributed by atoms with van der Waals surface area (Å²) in [6, 6.07) is 5.08. The van der Waals surface area contributed by atoms with Crippen molar-refractivity contribution in [3.05, 3.63) is 18.2 Å². The topological polar surface area (TPSA) is 73.4 Å². The van der Waals surface area contributed by atoms with Gasteiger partial charge in [0.2, 0.25) is 15.9 Å². The van der Waals surface area contributed by atoms with Crippen molar-refractivity contribution in [1.29, 1.82) is 0 Å². The lowest BCUT2D eigenvalue weighted by Gasteiger charge is -2.37. The summed E-state index contributed by atoms with van der Waals surface area (Å²) in [5.74, 6) is 0.783. The number of amides is 1. The molecule has 0 atom stereocenters. The molecule has 2 fully saturated rings. The normalized spacial score (nSPS) is 19.4. The molecular weight excluding hydrogens is 404 g/mol. The highest BCUT2D eigenvalue weighted by Gasteiger charge is 2.30. The number of methoxy groups -OCH3 is 1. The van der Waals surface area contributed by atoms with E-state index in [0.29, 0.717) is 49.9 Å². The number of piperazine rings is 2. The lowest BCUT2D eigenvalue weighted by molar-refractivity contribution is -0.134. The number of ether oxygens (including phenoxy) is 1.